The van der Waals surface area contributed by atoms with E-state index in [1.54, 1.807) is 30.3 Å². The first-order valence-electron chi connectivity index (χ1n) is 13.7. The van der Waals surface area contributed by atoms with Gasteiger partial charge in [0.15, 0.2) is 0 Å². The molecule has 1 atom stereocenters. The summed E-state index contributed by atoms with van der Waals surface area (Å²) in [6, 6.07) is 14.2. The van der Waals surface area contributed by atoms with E-state index in [1.165, 1.54) is 6.07 Å². The minimum atomic E-state index is -1.58. The molecule has 1 unspecified atom stereocenters. The number of benzene rings is 2. The summed E-state index contributed by atoms with van der Waals surface area (Å²) >= 11 is 5.92. The number of ether oxygens (including phenoxy) is 2. The number of pyridine rings is 1. The number of hydrogen-bond donors (Lipinski definition) is 4. The summed E-state index contributed by atoms with van der Waals surface area (Å²) in [4.78, 5) is 72.8. The molecule has 1 amide bonds. The molecule has 0 saturated carbocycles. The monoisotopic (exact) mass is 629 g/mol. The van der Waals surface area contributed by atoms with Crippen LogP contribution in [-0.4, -0.2) is 95.2 Å². The molecular weight excluding hydrogens is 598 g/mol. The van der Waals surface area contributed by atoms with Crippen LogP contribution in [0.3, 0.4) is 0 Å². The number of nitrogens with zero attached hydrogens (tertiary/aromatic N) is 1. The van der Waals surface area contributed by atoms with Gasteiger partial charge in [0.2, 0.25) is 11.3 Å². The zero-order valence-corrected chi connectivity index (χ0v) is 24.4. The lowest BCUT2D eigenvalue weighted by Crippen LogP contribution is -2.44. The van der Waals surface area contributed by atoms with Crippen LogP contribution < -0.4 is 10.9 Å². The Kier molecular flexibility index (Phi) is 13.0. The summed E-state index contributed by atoms with van der Waals surface area (Å²) in [6.45, 7) is 3.66. The molecule has 1 aromatic heterocycles. The molecule has 44 heavy (non-hydrogen) atoms. The number of hydrogen-bond acceptors (Lipinski definition) is 9. The van der Waals surface area contributed by atoms with Gasteiger partial charge >= 0.3 is 17.9 Å². The van der Waals surface area contributed by atoms with Crippen molar-refractivity contribution in [3.05, 3.63) is 81.1 Å². The fourth-order valence-electron chi connectivity index (χ4n) is 4.23. The molecule has 1 aliphatic heterocycles. The number of carbonyl (C=O) groups is 5. The Morgan fingerprint density at radius 3 is 2.34 bits per heavy atom. The van der Waals surface area contributed by atoms with Crippen molar-refractivity contribution >= 4 is 52.1 Å². The quantitative estimate of drug-likeness (QED) is 0.169. The molecule has 14 heteroatoms. The van der Waals surface area contributed by atoms with Crippen LogP contribution in [0.15, 0.2) is 59.4 Å². The van der Waals surface area contributed by atoms with Crippen LogP contribution in [-0.2, 0) is 35.1 Å². The molecule has 13 nitrogen and oxygen atoms in total. The zero-order chi connectivity index (χ0) is 32.1. The molecule has 1 saturated heterocycles. The second-order valence-corrected chi connectivity index (χ2v) is 10.1. The number of halogens is 1. The third-order valence-electron chi connectivity index (χ3n) is 6.52. The van der Waals surface area contributed by atoms with Gasteiger partial charge in [-0.25, -0.2) is 9.59 Å². The number of aromatic amines is 1. The Hall–Kier alpha value is -4.59. The molecule has 1 fully saturated rings. The summed E-state index contributed by atoms with van der Waals surface area (Å²) in [5.74, 6) is -4.81. The molecule has 4 rings (SSSR count). The van der Waals surface area contributed by atoms with Gasteiger partial charge < -0.3 is 30.0 Å². The van der Waals surface area contributed by atoms with E-state index >= 15 is 0 Å². The van der Waals surface area contributed by atoms with E-state index in [-0.39, 0.29) is 18.6 Å². The van der Waals surface area contributed by atoms with E-state index in [0.29, 0.717) is 41.4 Å². The van der Waals surface area contributed by atoms with Crippen molar-refractivity contribution in [1.82, 2.24) is 15.2 Å². The second kappa shape index (κ2) is 16.9. The van der Waals surface area contributed by atoms with Crippen molar-refractivity contribution in [2.75, 3.05) is 39.5 Å². The number of carboxylic acids is 2. The predicted molar refractivity (Wildman–Crippen MR) is 159 cm³/mol. The minimum absolute atomic E-state index is 0.111. The number of H-pyrrole nitrogens is 1. The first kappa shape index (κ1) is 33.9. The summed E-state index contributed by atoms with van der Waals surface area (Å²) in [5.41, 5.74) is 1.39. The predicted octanol–water partition coefficient (Wildman–Crippen LogP) is 1.90. The maximum absolute atomic E-state index is 13.0. The summed E-state index contributed by atoms with van der Waals surface area (Å²) in [6.07, 6.45) is -0.754. The lowest BCUT2D eigenvalue weighted by Gasteiger charge is -2.26. The Morgan fingerprint density at radius 2 is 1.68 bits per heavy atom. The summed E-state index contributed by atoms with van der Waals surface area (Å²) in [5, 5.41) is 20.0. The van der Waals surface area contributed by atoms with E-state index < -0.39 is 48.5 Å². The van der Waals surface area contributed by atoms with Gasteiger partial charge in [-0.3, -0.25) is 24.1 Å². The highest BCUT2D eigenvalue weighted by Crippen LogP contribution is 2.17. The molecule has 0 spiro atoms. The first-order chi connectivity index (χ1) is 21.0. The molecule has 2 heterocycles. The van der Waals surface area contributed by atoms with Crippen LogP contribution in [0.2, 0.25) is 5.02 Å². The number of aromatic nitrogens is 1. The van der Waals surface area contributed by atoms with E-state index in [0.717, 1.165) is 18.5 Å². The van der Waals surface area contributed by atoms with Crippen molar-refractivity contribution in [2.45, 2.75) is 25.3 Å². The second-order valence-electron chi connectivity index (χ2n) is 9.69. The van der Waals surface area contributed by atoms with Crippen LogP contribution in [0.25, 0.3) is 10.9 Å². The zero-order valence-electron chi connectivity index (χ0n) is 23.6. The highest BCUT2D eigenvalue weighted by atomic mass is 35.5. The maximum Gasteiger partial charge on any atom is 0.372 e. The number of amides is 1. The Bertz CT molecular complexity index is 1530. The van der Waals surface area contributed by atoms with E-state index in [1.807, 2.05) is 18.2 Å². The third-order valence-corrected chi connectivity index (χ3v) is 6.77. The maximum atomic E-state index is 13.0. The number of nitrogens with one attached hydrogen (secondary N) is 2. The van der Waals surface area contributed by atoms with Crippen LogP contribution >= 0.6 is 11.6 Å². The number of ketones is 1. The SMILES string of the molecule is O=C(NC(Cc1cc(=O)[nH]c2ccccc12)C(=O)OCCN1CCOCC1)c1ccc(Cl)cc1.O=C(O)CCC(=O)C(=O)O. The van der Waals surface area contributed by atoms with Gasteiger partial charge in [-0.1, -0.05) is 29.8 Å². The van der Waals surface area contributed by atoms with Crippen LogP contribution in [0.4, 0.5) is 0 Å². The van der Waals surface area contributed by atoms with E-state index in [2.05, 4.69) is 15.2 Å². The summed E-state index contributed by atoms with van der Waals surface area (Å²) < 4.78 is 10.9. The van der Waals surface area contributed by atoms with Crippen LogP contribution in [0, 0.1) is 0 Å². The number of carbonyl (C=O) groups excluding carboxylic acids is 3. The number of aliphatic carboxylic acids is 2. The highest BCUT2D eigenvalue weighted by molar-refractivity contribution is 6.32. The molecule has 0 aliphatic carbocycles. The van der Waals surface area contributed by atoms with Crippen molar-refractivity contribution in [2.24, 2.45) is 0 Å². The Morgan fingerprint density at radius 1 is 1.00 bits per heavy atom. The lowest BCUT2D eigenvalue weighted by molar-refractivity contribution is -0.150. The average Bonchev–Trinajstić information content (AvgIpc) is 3.00. The number of fused-ring (bicyclic) bond motifs is 1. The largest absolute Gasteiger partial charge is 0.481 e. The number of morpholine rings is 1. The van der Waals surface area contributed by atoms with Crippen molar-refractivity contribution in [3.63, 3.8) is 0 Å². The average molecular weight is 630 g/mol. The molecule has 2 aromatic carbocycles. The first-order valence-corrected chi connectivity index (χ1v) is 14.0. The normalized spacial score (nSPS) is 13.7. The minimum Gasteiger partial charge on any atom is -0.481 e. The van der Waals surface area contributed by atoms with Gasteiger partial charge in [0, 0.05) is 60.0 Å². The lowest BCUT2D eigenvalue weighted by atomic mass is 10.0. The van der Waals surface area contributed by atoms with Crippen LogP contribution in [0.5, 0.6) is 0 Å². The van der Waals surface area contributed by atoms with Gasteiger partial charge in [-0.2, -0.15) is 0 Å². The van der Waals surface area contributed by atoms with Gasteiger partial charge in [-0.15, -0.1) is 0 Å². The van der Waals surface area contributed by atoms with Crippen molar-refractivity contribution in [3.8, 4) is 0 Å². The number of para-hydroxylation sites is 1. The Balaban J connectivity index is 0.000000456. The fourth-order valence-corrected chi connectivity index (χ4v) is 4.36. The van der Waals surface area contributed by atoms with Gasteiger partial charge in [0.25, 0.3) is 5.91 Å². The van der Waals surface area contributed by atoms with Gasteiger partial charge in [0.05, 0.1) is 19.6 Å². The molecule has 0 radical (unpaired) electrons. The Labute approximate surface area is 256 Å². The third kappa shape index (κ3) is 10.9. The smallest absolute Gasteiger partial charge is 0.372 e. The number of carboxylic acid groups (broad SMARTS) is 2. The molecule has 4 N–H and O–H groups in total. The molecule has 1 aliphatic rings. The van der Waals surface area contributed by atoms with E-state index in [9.17, 15) is 28.8 Å². The number of esters is 1. The standard InChI is InChI=1S/C25H26ClN3O5.C5H6O5/c26-19-7-5-17(6-8-19)24(31)28-22(25(32)34-14-11-29-9-12-33-13-10-29)15-18-16-23(30)27-21-4-2-1-3-20(18)21;6-3(5(9)10)1-2-4(7)8/h1-8,16,22H,9-15H2,(H,27,30)(H,28,31);1-2H2,(H,7,8)(H,9,10). The molecule has 234 valence electrons. The molecular formula is C30H32ClN3O10. The number of rotatable bonds is 12. The summed E-state index contributed by atoms with van der Waals surface area (Å²) in [7, 11) is 0. The number of Topliss-reactive ketones (excluding diaryl/α,β-unsaturated/α-hetero) is 1. The van der Waals surface area contributed by atoms with Gasteiger partial charge in [-0.05, 0) is 35.9 Å². The van der Waals surface area contributed by atoms with Crippen LogP contribution in [0.1, 0.15) is 28.8 Å². The molecule has 0 bridgehead atoms. The van der Waals surface area contributed by atoms with Gasteiger partial charge in [0.1, 0.15) is 12.6 Å². The van der Waals surface area contributed by atoms with Crippen molar-refractivity contribution < 1.29 is 43.7 Å². The highest BCUT2D eigenvalue weighted by Gasteiger charge is 2.25. The fraction of sp³-hybridized carbons (Fsp3) is 0.333. The van der Waals surface area contributed by atoms with E-state index in [4.69, 9.17) is 31.3 Å². The van der Waals surface area contributed by atoms with Crippen molar-refractivity contribution in [1.29, 1.82) is 0 Å². The topological polar surface area (TPSA) is 192 Å². The molecule has 3 aromatic rings.